The fraction of sp³-hybridized carbons (Fsp3) is 0.357. The van der Waals surface area contributed by atoms with Crippen molar-refractivity contribution in [3.8, 4) is 6.07 Å². The molecule has 1 atom stereocenters. The number of urea groups is 1. The SMILES string of the molecule is CC(CCC(=O)O)CNC(=O)Nc1ccc(C#N)cc1F. The predicted molar refractivity (Wildman–Crippen MR) is 74.2 cm³/mol. The third-order valence-electron chi connectivity index (χ3n) is 2.81. The van der Waals surface area contributed by atoms with Gasteiger partial charge in [0.15, 0.2) is 0 Å². The summed E-state index contributed by atoms with van der Waals surface area (Å²) < 4.78 is 13.5. The molecule has 0 aromatic heterocycles. The second-order valence-corrected chi connectivity index (χ2v) is 4.68. The Morgan fingerprint density at radius 3 is 2.76 bits per heavy atom. The molecule has 21 heavy (non-hydrogen) atoms. The van der Waals surface area contributed by atoms with E-state index in [9.17, 15) is 14.0 Å². The summed E-state index contributed by atoms with van der Waals surface area (Å²) in [6, 6.07) is 4.95. The number of nitriles is 1. The zero-order valence-electron chi connectivity index (χ0n) is 11.5. The zero-order valence-corrected chi connectivity index (χ0v) is 11.5. The van der Waals surface area contributed by atoms with Crippen molar-refractivity contribution < 1.29 is 19.1 Å². The van der Waals surface area contributed by atoms with E-state index >= 15 is 0 Å². The van der Waals surface area contributed by atoms with Gasteiger partial charge in [0.05, 0.1) is 17.3 Å². The molecular formula is C14H16FN3O3. The minimum atomic E-state index is -0.883. The van der Waals surface area contributed by atoms with Crippen molar-refractivity contribution in [3.63, 3.8) is 0 Å². The summed E-state index contributed by atoms with van der Waals surface area (Å²) in [4.78, 5) is 22.0. The first-order valence-electron chi connectivity index (χ1n) is 6.38. The number of rotatable bonds is 6. The molecule has 1 aromatic rings. The number of anilines is 1. The van der Waals surface area contributed by atoms with Crippen LogP contribution in [0.15, 0.2) is 18.2 Å². The Morgan fingerprint density at radius 1 is 1.48 bits per heavy atom. The average molecular weight is 293 g/mol. The minimum Gasteiger partial charge on any atom is -0.481 e. The summed E-state index contributed by atoms with van der Waals surface area (Å²) in [5.41, 5.74) is 0.144. The first-order valence-corrected chi connectivity index (χ1v) is 6.38. The molecule has 0 radical (unpaired) electrons. The van der Waals surface area contributed by atoms with Gasteiger partial charge in [-0.25, -0.2) is 9.18 Å². The van der Waals surface area contributed by atoms with Crippen molar-refractivity contribution >= 4 is 17.7 Å². The Morgan fingerprint density at radius 2 is 2.19 bits per heavy atom. The average Bonchev–Trinajstić information content (AvgIpc) is 2.45. The third kappa shape index (κ3) is 5.91. The summed E-state index contributed by atoms with van der Waals surface area (Å²) in [6.07, 6.45) is 0.482. The molecule has 0 saturated carbocycles. The molecule has 3 N–H and O–H groups in total. The van der Waals surface area contributed by atoms with Crippen LogP contribution in [0.1, 0.15) is 25.3 Å². The van der Waals surface area contributed by atoms with Crippen molar-refractivity contribution in [1.82, 2.24) is 5.32 Å². The van der Waals surface area contributed by atoms with Crippen LogP contribution in [-0.4, -0.2) is 23.7 Å². The standard InChI is InChI=1S/C14H16FN3O3/c1-9(2-5-13(19)20)8-17-14(21)18-12-4-3-10(7-16)6-11(12)15/h3-4,6,9H,2,5,8H2,1H3,(H,19,20)(H2,17,18,21). The van der Waals surface area contributed by atoms with Gasteiger partial charge >= 0.3 is 12.0 Å². The molecule has 112 valence electrons. The fourth-order valence-corrected chi connectivity index (χ4v) is 1.59. The van der Waals surface area contributed by atoms with E-state index in [-0.39, 0.29) is 30.1 Å². The molecular weight excluding hydrogens is 277 g/mol. The molecule has 0 aliphatic rings. The number of benzene rings is 1. The van der Waals surface area contributed by atoms with E-state index in [1.165, 1.54) is 12.1 Å². The van der Waals surface area contributed by atoms with Gasteiger partial charge in [-0.05, 0) is 30.5 Å². The van der Waals surface area contributed by atoms with Gasteiger partial charge in [0.1, 0.15) is 5.82 Å². The fourth-order valence-electron chi connectivity index (χ4n) is 1.59. The van der Waals surface area contributed by atoms with Gasteiger partial charge in [0, 0.05) is 13.0 Å². The summed E-state index contributed by atoms with van der Waals surface area (Å²) >= 11 is 0. The predicted octanol–water partition coefficient (Wildman–Crippen LogP) is 2.32. The molecule has 0 bridgehead atoms. The van der Waals surface area contributed by atoms with Crippen LogP contribution in [0.2, 0.25) is 0 Å². The Balaban J connectivity index is 2.44. The maximum atomic E-state index is 13.5. The summed E-state index contributed by atoms with van der Waals surface area (Å²) in [5.74, 6) is -1.58. The second-order valence-electron chi connectivity index (χ2n) is 4.68. The molecule has 1 rings (SSSR count). The lowest BCUT2D eigenvalue weighted by Crippen LogP contribution is -2.32. The number of carboxylic acid groups (broad SMARTS) is 1. The van der Waals surface area contributed by atoms with Gasteiger partial charge < -0.3 is 15.7 Å². The lowest BCUT2D eigenvalue weighted by Gasteiger charge is -2.12. The maximum absolute atomic E-state index is 13.5. The van der Waals surface area contributed by atoms with Crippen molar-refractivity contribution in [2.45, 2.75) is 19.8 Å². The number of carboxylic acids is 1. The van der Waals surface area contributed by atoms with E-state index in [0.717, 1.165) is 6.07 Å². The highest BCUT2D eigenvalue weighted by atomic mass is 19.1. The lowest BCUT2D eigenvalue weighted by molar-refractivity contribution is -0.137. The van der Waals surface area contributed by atoms with Gasteiger partial charge in [-0.2, -0.15) is 5.26 Å². The van der Waals surface area contributed by atoms with E-state index in [0.29, 0.717) is 6.42 Å². The highest BCUT2D eigenvalue weighted by Gasteiger charge is 2.10. The van der Waals surface area contributed by atoms with Gasteiger partial charge in [0.25, 0.3) is 0 Å². The van der Waals surface area contributed by atoms with E-state index < -0.39 is 17.8 Å². The molecule has 0 spiro atoms. The van der Waals surface area contributed by atoms with Gasteiger partial charge in [-0.3, -0.25) is 4.79 Å². The van der Waals surface area contributed by atoms with Crippen molar-refractivity contribution in [1.29, 1.82) is 5.26 Å². The van der Waals surface area contributed by atoms with Crippen LogP contribution < -0.4 is 10.6 Å². The Labute approximate surface area is 121 Å². The Bertz CT molecular complexity index is 569. The van der Waals surface area contributed by atoms with Gasteiger partial charge in [-0.15, -0.1) is 0 Å². The Hall–Kier alpha value is -2.62. The normalized spacial score (nSPS) is 11.3. The van der Waals surface area contributed by atoms with Crippen LogP contribution in [0, 0.1) is 23.1 Å². The smallest absolute Gasteiger partial charge is 0.319 e. The molecule has 1 aromatic carbocycles. The number of carbonyl (C=O) groups excluding carboxylic acids is 1. The third-order valence-corrected chi connectivity index (χ3v) is 2.81. The summed E-state index contributed by atoms with van der Waals surface area (Å²) in [6.45, 7) is 2.10. The first-order chi connectivity index (χ1) is 9.92. The summed E-state index contributed by atoms with van der Waals surface area (Å²) in [5, 5.41) is 22.0. The largest absolute Gasteiger partial charge is 0.481 e. The van der Waals surface area contributed by atoms with Crippen LogP contribution in [0.3, 0.4) is 0 Å². The number of halogens is 1. The second kappa shape index (κ2) is 7.85. The number of hydrogen-bond acceptors (Lipinski definition) is 3. The molecule has 2 amide bonds. The highest BCUT2D eigenvalue weighted by molar-refractivity contribution is 5.89. The minimum absolute atomic E-state index is 0.00216. The number of carbonyl (C=O) groups is 2. The number of hydrogen-bond donors (Lipinski definition) is 3. The van der Waals surface area contributed by atoms with Crippen molar-refractivity contribution in [2.75, 3.05) is 11.9 Å². The molecule has 6 nitrogen and oxygen atoms in total. The Kier molecular flexibility index (Phi) is 6.14. The van der Waals surface area contributed by atoms with Crippen LogP contribution in [0.4, 0.5) is 14.9 Å². The molecule has 0 aliphatic carbocycles. The lowest BCUT2D eigenvalue weighted by atomic mass is 10.1. The van der Waals surface area contributed by atoms with Crippen molar-refractivity contribution in [3.05, 3.63) is 29.6 Å². The topological polar surface area (TPSA) is 102 Å². The van der Waals surface area contributed by atoms with Gasteiger partial charge in [-0.1, -0.05) is 6.92 Å². The number of aliphatic carboxylic acids is 1. The maximum Gasteiger partial charge on any atom is 0.319 e. The first kappa shape index (κ1) is 16.4. The quantitative estimate of drug-likeness (QED) is 0.749. The van der Waals surface area contributed by atoms with Crippen molar-refractivity contribution in [2.24, 2.45) is 5.92 Å². The summed E-state index contributed by atoms with van der Waals surface area (Å²) in [7, 11) is 0. The van der Waals surface area contributed by atoms with E-state index in [1.54, 1.807) is 6.07 Å². The zero-order chi connectivity index (χ0) is 15.8. The number of amides is 2. The van der Waals surface area contributed by atoms with Gasteiger partial charge in [0.2, 0.25) is 0 Å². The number of nitrogens with zero attached hydrogens (tertiary/aromatic N) is 1. The molecule has 0 heterocycles. The number of nitrogens with one attached hydrogen (secondary N) is 2. The van der Waals surface area contributed by atoms with E-state index in [4.69, 9.17) is 10.4 Å². The van der Waals surface area contributed by atoms with Crippen LogP contribution in [0.5, 0.6) is 0 Å². The van der Waals surface area contributed by atoms with E-state index in [2.05, 4.69) is 10.6 Å². The highest BCUT2D eigenvalue weighted by Crippen LogP contribution is 2.15. The molecule has 7 heteroatoms. The monoisotopic (exact) mass is 293 g/mol. The van der Waals surface area contributed by atoms with Crippen LogP contribution in [0.25, 0.3) is 0 Å². The van der Waals surface area contributed by atoms with Crippen LogP contribution >= 0.6 is 0 Å². The molecule has 1 unspecified atom stereocenters. The molecule has 0 fully saturated rings. The van der Waals surface area contributed by atoms with E-state index in [1.807, 2.05) is 6.92 Å². The molecule has 0 saturated heterocycles. The van der Waals surface area contributed by atoms with Crippen LogP contribution in [-0.2, 0) is 4.79 Å². The molecule has 0 aliphatic heterocycles.